The van der Waals surface area contributed by atoms with Crippen LogP contribution in [-0.4, -0.2) is 30.7 Å². The van der Waals surface area contributed by atoms with Crippen LogP contribution in [0.1, 0.15) is 24.0 Å². The lowest BCUT2D eigenvalue weighted by atomic mass is 9.94. The summed E-state index contributed by atoms with van der Waals surface area (Å²) in [5.74, 6) is 1.80. The third kappa shape index (κ3) is 4.85. The third-order valence-electron chi connectivity index (χ3n) is 6.29. The van der Waals surface area contributed by atoms with Gasteiger partial charge in [0.2, 0.25) is 0 Å². The minimum atomic E-state index is -3.63. The summed E-state index contributed by atoms with van der Waals surface area (Å²) in [6.07, 6.45) is 6.21. The molecular weight excluding hydrogens is 460 g/mol. The number of hydrogen-bond acceptors (Lipinski definition) is 4. The maximum atomic E-state index is 13.3. The van der Waals surface area contributed by atoms with Gasteiger partial charge in [0.1, 0.15) is 0 Å². The molecule has 1 N–H and O–H groups in total. The molecule has 0 radical (unpaired) electrons. The van der Waals surface area contributed by atoms with Crippen LogP contribution in [0.15, 0.2) is 102 Å². The Labute approximate surface area is 205 Å². The molecule has 0 saturated carbocycles. The summed E-state index contributed by atoms with van der Waals surface area (Å²) in [7, 11) is -3.63. The largest absolute Gasteiger partial charge is 0.310 e. The van der Waals surface area contributed by atoms with Gasteiger partial charge in [0.25, 0.3) is 10.0 Å². The zero-order valence-corrected chi connectivity index (χ0v) is 20.6. The fraction of sp³-hybridized carbons (Fsp3) is 0.214. The van der Waals surface area contributed by atoms with E-state index < -0.39 is 10.0 Å². The van der Waals surface area contributed by atoms with E-state index in [0.717, 1.165) is 47.4 Å². The Hall–Kier alpha value is -2.80. The van der Waals surface area contributed by atoms with Crippen LogP contribution in [0.25, 0.3) is 16.5 Å². The lowest BCUT2D eigenvalue weighted by Gasteiger charge is -2.24. The Kier molecular flexibility index (Phi) is 6.90. The molecule has 0 amide bonds. The minimum absolute atomic E-state index is 0.306. The van der Waals surface area contributed by atoms with Gasteiger partial charge in [0.05, 0.1) is 10.4 Å². The zero-order chi connectivity index (χ0) is 23.4. The molecule has 4 aromatic rings. The maximum absolute atomic E-state index is 13.3. The molecule has 34 heavy (non-hydrogen) atoms. The fourth-order valence-electron chi connectivity index (χ4n) is 4.51. The van der Waals surface area contributed by atoms with Crippen molar-refractivity contribution in [2.75, 3.05) is 12.3 Å². The zero-order valence-electron chi connectivity index (χ0n) is 18.9. The van der Waals surface area contributed by atoms with Crippen LogP contribution in [-0.2, 0) is 15.8 Å². The van der Waals surface area contributed by atoms with Gasteiger partial charge < -0.3 is 5.32 Å². The van der Waals surface area contributed by atoms with Crippen LogP contribution in [0.2, 0.25) is 0 Å². The van der Waals surface area contributed by atoms with Crippen molar-refractivity contribution in [2.24, 2.45) is 0 Å². The van der Waals surface area contributed by atoms with E-state index in [1.165, 1.54) is 15.1 Å². The van der Waals surface area contributed by atoms with Crippen molar-refractivity contribution in [3.05, 3.63) is 108 Å². The number of nitrogens with one attached hydrogen (secondary N) is 1. The van der Waals surface area contributed by atoms with Gasteiger partial charge in [0, 0.05) is 29.9 Å². The predicted molar refractivity (Wildman–Crippen MR) is 143 cm³/mol. The first-order chi connectivity index (χ1) is 16.6. The van der Waals surface area contributed by atoms with Gasteiger partial charge in [0.15, 0.2) is 0 Å². The normalized spacial score (nSPS) is 16.5. The minimum Gasteiger partial charge on any atom is -0.310 e. The van der Waals surface area contributed by atoms with Crippen molar-refractivity contribution in [1.82, 2.24) is 9.29 Å². The number of aromatic nitrogens is 1. The van der Waals surface area contributed by atoms with Crippen molar-refractivity contribution >= 4 is 38.3 Å². The Balaban J connectivity index is 1.25. The van der Waals surface area contributed by atoms with Crippen LogP contribution in [0, 0.1) is 0 Å². The molecule has 1 aromatic heterocycles. The molecule has 0 bridgehead atoms. The van der Waals surface area contributed by atoms with E-state index in [2.05, 4.69) is 41.7 Å². The fourth-order valence-corrected chi connectivity index (χ4v) is 6.97. The second kappa shape index (κ2) is 10.2. The van der Waals surface area contributed by atoms with E-state index in [1.807, 2.05) is 42.1 Å². The highest BCUT2D eigenvalue weighted by molar-refractivity contribution is 7.98. The molecule has 0 spiro atoms. The van der Waals surface area contributed by atoms with E-state index in [0.29, 0.717) is 10.9 Å². The van der Waals surface area contributed by atoms with Crippen LogP contribution in [0.5, 0.6) is 0 Å². The number of thioether (sulfide) groups is 1. The summed E-state index contributed by atoms with van der Waals surface area (Å²) in [4.78, 5) is 0.306. The summed E-state index contributed by atoms with van der Waals surface area (Å²) in [5.41, 5.74) is 4.52. The van der Waals surface area contributed by atoms with Crippen molar-refractivity contribution < 1.29 is 8.42 Å². The van der Waals surface area contributed by atoms with Crippen molar-refractivity contribution in [1.29, 1.82) is 0 Å². The number of para-hydroxylation sites is 1. The van der Waals surface area contributed by atoms with Gasteiger partial charge in [-0.3, -0.25) is 0 Å². The number of nitrogens with zero attached hydrogens (tertiary/aromatic N) is 1. The van der Waals surface area contributed by atoms with Gasteiger partial charge in [-0.05, 0) is 53.5 Å². The van der Waals surface area contributed by atoms with E-state index in [4.69, 9.17) is 0 Å². The van der Waals surface area contributed by atoms with Crippen molar-refractivity contribution in [3.63, 3.8) is 0 Å². The van der Waals surface area contributed by atoms with E-state index in [1.54, 1.807) is 30.5 Å². The second-order valence-electron chi connectivity index (χ2n) is 8.53. The van der Waals surface area contributed by atoms with Crippen LogP contribution in [0.4, 0.5) is 0 Å². The predicted octanol–water partition coefficient (Wildman–Crippen LogP) is 5.95. The highest BCUT2D eigenvalue weighted by Crippen LogP contribution is 2.29. The van der Waals surface area contributed by atoms with E-state index in [-0.39, 0.29) is 0 Å². The second-order valence-corrected chi connectivity index (χ2v) is 11.5. The smallest absolute Gasteiger partial charge is 0.268 e. The quantitative estimate of drug-likeness (QED) is 0.312. The first-order valence-electron chi connectivity index (χ1n) is 11.6. The highest BCUT2D eigenvalue weighted by atomic mass is 32.2. The average Bonchev–Trinajstić information content (AvgIpc) is 3.27. The molecule has 1 atom stereocenters. The number of hydrogen-bond donors (Lipinski definition) is 1. The van der Waals surface area contributed by atoms with Crippen LogP contribution in [0.3, 0.4) is 0 Å². The SMILES string of the molecule is O=S(=O)(c1ccccc1)n1cc(CSCCC2CC(c3ccccc3)=CCN2)c2ccccc21. The third-order valence-corrected chi connectivity index (χ3v) is 9.02. The molecule has 1 unspecified atom stereocenters. The molecule has 5 rings (SSSR count). The molecule has 1 aliphatic rings. The lowest BCUT2D eigenvalue weighted by Crippen LogP contribution is -2.33. The molecule has 0 saturated heterocycles. The van der Waals surface area contributed by atoms with Crippen molar-refractivity contribution in [3.8, 4) is 0 Å². The van der Waals surface area contributed by atoms with Gasteiger partial charge in [-0.2, -0.15) is 11.8 Å². The summed E-state index contributed by atoms with van der Waals surface area (Å²) in [5, 5.41) is 4.62. The molecule has 0 fully saturated rings. The maximum Gasteiger partial charge on any atom is 0.268 e. The summed E-state index contributed by atoms with van der Waals surface area (Å²) >= 11 is 1.86. The highest BCUT2D eigenvalue weighted by Gasteiger charge is 2.21. The van der Waals surface area contributed by atoms with Gasteiger partial charge in [-0.25, -0.2) is 12.4 Å². The first-order valence-corrected chi connectivity index (χ1v) is 14.2. The summed E-state index contributed by atoms with van der Waals surface area (Å²) in [6.45, 7) is 0.907. The Morgan fingerprint density at radius 2 is 1.62 bits per heavy atom. The summed E-state index contributed by atoms with van der Waals surface area (Å²) in [6, 6.07) is 27.5. The van der Waals surface area contributed by atoms with E-state index >= 15 is 0 Å². The van der Waals surface area contributed by atoms with Gasteiger partial charge >= 0.3 is 0 Å². The number of rotatable bonds is 8. The van der Waals surface area contributed by atoms with E-state index in [9.17, 15) is 8.42 Å². The molecule has 6 heteroatoms. The molecule has 2 heterocycles. The lowest BCUT2D eigenvalue weighted by molar-refractivity contribution is 0.525. The topological polar surface area (TPSA) is 51.1 Å². The van der Waals surface area contributed by atoms with Crippen LogP contribution < -0.4 is 5.32 Å². The monoisotopic (exact) mass is 488 g/mol. The number of fused-ring (bicyclic) bond motifs is 1. The van der Waals surface area contributed by atoms with Gasteiger partial charge in [-0.1, -0.05) is 72.8 Å². The Morgan fingerprint density at radius 3 is 2.41 bits per heavy atom. The molecule has 174 valence electrons. The van der Waals surface area contributed by atoms with Crippen molar-refractivity contribution in [2.45, 2.75) is 29.5 Å². The number of benzene rings is 3. The Bertz CT molecular complexity index is 1390. The molecule has 3 aromatic carbocycles. The molecular formula is C28H28N2O2S2. The standard InChI is InChI=1S/C28H28N2O2S2/c31-34(32,26-11-5-2-6-12-26)30-20-24(27-13-7-8-14-28(27)30)21-33-18-16-25-19-23(15-17-29-25)22-9-3-1-4-10-22/h1-15,20,25,29H,16-19,21H2. The Morgan fingerprint density at radius 1 is 0.912 bits per heavy atom. The first kappa shape index (κ1) is 23.0. The average molecular weight is 489 g/mol. The van der Waals surface area contributed by atoms with Gasteiger partial charge in [-0.15, -0.1) is 0 Å². The molecule has 0 aliphatic carbocycles. The van der Waals surface area contributed by atoms with Crippen LogP contribution >= 0.6 is 11.8 Å². The molecule has 4 nitrogen and oxygen atoms in total. The molecule has 1 aliphatic heterocycles. The summed E-state index contributed by atoms with van der Waals surface area (Å²) < 4.78 is 28.0.